The molecule has 0 aliphatic carbocycles. The van der Waals surface area contributed by atoms with Crippen molar-refractivity contribution in [2.75, 3.05) is 7.11 Å². The van der Waals surface area contributed by atoms with Crippen LogP contribution in [0, 0.1) is 25.2 Å². The molecule has 1 heterocycles. The third-order valence-corrected chi connectivity index (χ3v) is 2.00. The van der Waals surface area contributed by atoms with Crippen molar-refractivity contribution in [3.8, 4) is 11.8 Å². The predicted molar refractivity (Wildman–Crippen MR) is 59.9 cm³/mol. The quantitative estimate of drug-likeness (QED) is 0.816. The van der Waals surface area contributed by atoms with Gasteiger partial charge >= 0.3 is 0 Å². The number of aryl methyl sites for hydroxylation is 1. The lowest BCUT2D eigenvalue weighted by Gasteiger charge is -2.09. The number of halogens is 1. The fraction of sp³-hybridized carbons (Fsp3) is 0.400. The lowest BCUT2D eigenvalue weighted by Crippen LogP contribution is -1.98. The first-order chi connectivity index (χ1) is 6.20. The molecule has 0 aromatic carbocycles. The first kappa shape index (κ1) is 12.9. The Bertz CT molecular complexity index is 358. The molecule has 0 saturated heterocycles. The topological polar surface area (TPSA) is 45.9 Å². The number of ether oxygens (including phenoxy) is 1. The highest BCUT2D eigenvalue weighted by Crippen LogP contribution is 2.23. The summed E-state index contributed by atoms with van der Waals surface area (Å²) in [7, 11) is 1.63. The van der Waals surface area contributed by atoms with Crippen molar-refractivity contribution < 1.29 is 4.74 Å². The number of nitrogens with zero attached hydrogens (tertiary/aromatic N) is 2. The van der Waals surface area contributed by atoms with Crippen LogP contribution in [0.4, 0.5) is 0 Å². The average molecular weight is 257 g/mol. The van der Waals surface area contributed by atoms with Gasteiger partial charge in [-0.15, -0.1) is 17.0 Å². The normalized spacial score (nSPS) is 8.71. The van der Waals surface area contributed by atoms with Crippen LogP contribution in [0.15, 0.2) is 6.20 Å². The molecular weight excluding hydrogens is 244 g/mol. The number of nitriles is 1. The summed E-state index contributed by atoms with van der Waals surface area (Å²) in [4.78, 5) is 4.17. The van der Waals surface area contributed by atoms with Crippen LogP contribution in [0.25, 0.3) is 0 Å². The molecule has 0 N–H and O–H groups in total. The molecule has 1 aromatic heterocycles. The minimum atomic E-state index is 0. The molecule has 3 nitrogen and oxygen atoms in total. The molecule has 14 heavy (non-hydrogen) atoms. The fourth-order valence-electron chi connectivity index (χ4n) is 1.32. The molecule has 0 saturated carbocycles. The van der Waals surface area contributed by atoms with E-state index in [1.54, 1.807) is 13.3 Å². The Labute approximate surface area is 94.5 Å². The lowest BCUT2D eigenvalue weighted by molar-refractivity contribution is 0.407. The monoisotopic (exact) mass is 256 g/mol. The largest absolute Gasteiger partial charge is 0.496 e. The van der Waals surface area contributed by atoms with Gasteiger partial charge in [0.05, 0.1) is 25.3 Å². The van der Waals surface area contributed by atoms with Gasteiger partial charge in [0.2, 0.25) is 0 Å². The van der Waals surface area contributed by atoms with Crippen LogP contribution in [0.2, 0.25) is 0 Å². The third kappa shape index (κ3) is 2.46. The second kappa shape index (κ2) is 5.61. The van der Waals surface area contributed by atoms with Gasteiger partial charge in [-0.05, 0) is 13.8 Å². The van der Waals surface area contributed by atoms with Crippen LogP contribution >= 0.6 is 17.0 Å². The van der Waals surface area contributed by atoms with Gasteiger partial charge in [0.1, 0.15) is 5.75 Å². The van der Waals surface area contributed by atoms with Crippen molar-refractivity contribution in [3.63, 3.8) is 0 Å². The third-order valence-electron chi connectivity index (χ3n) is 2.00. The number of hydrogen-bond donors (Lipinski definition) is 0. The van der Waals surface area contributed by atoms with Crippen molar-refractivity contribution in [3.05, 3.63) is 23.0 Å². The molecule has 76 valence electrons. The standard InChI is InChI=1S/C10H12N2O.BrH/c1-7-6-12-9(4-5-11)8(2)10(7)13-3;/h6H,4H2,1-3H3;1H. The molecule has 0 bridgehead atoms. The van der Waals surface area contributed by atoms with Gasteiger partial charge in [0, 0.05) is 17.3 Å². The van der Waals surface area contributed by atoms with Gasteiger partial charge < -0.3 is 4.74 Å². The number of rotatable bonds is 2. The maximum atomic E-state index is 8.55. The van der Waals surface area contributed by atoms with Crippen LogP contribution in [-0.4, -0.2) is 12.1 Å². The molecule has 4 heteroatoms. The van der Waals surface area contributed by atoms with Gasteiger partial charge in [-0.25, -0.2) is 0 Å². The Balaban J connectivity index is 0.00000169. The summed E-state index contributed by atoms with van der Waals surface area (Å²) in [5.74, 6) is 0.834. The van der Waals surface area contributed by atoms with Crippen LogP contribution in [0.1, 0.15) is 16.8 Å². The maximum absolute atomic E-state index is 8.55. The first-order valence-corrected chi connectivity index (χ1v) is 4.06. The summed E-state index contributed by atoms with van der Waals surface area (Å²) in [5.41, 5.74) is 2.76. The van der Waals surface area contributed by atoms with Crippen molar-refractivity contribution in [2.24, 2.45) is 0 Å². The summed E-state index contributed by atoms with van der Waals surface area (Å²) in [6, 6.07) is 2.08. The molecule has 0 spiro atoms. The van der Waals surface area contributed by atoms with E-state index in [1.807, 2.05) is 13.8 Å². The zero-order valence-corrected chi connectivity index (χ0v) is 10.2. The molecule has 1 aromatic rings. The van der Waals surface area contributed by atoms with E-state index >= 15 is 0 Å². The predicted octanol–water partition coefficient (Wildman–Crippen LogP) is 2.35. The van der Waals surface area contributed by atoms with E-state index in [9.17, 15) is 0 Å². The number of pyridine rings is 1. The summed E-state index contributed by atoms with van der Waals surface area (Å²) in [6.45, 7) is 3.86. The second-order valence-electron chi connectivity index (χ2n) is 2.88. The van der Waals surface area contributed by atoms with Gasteiger partial charge in [-0.3, -0.25) is 4.98 Å². The molecule has 0 amide bonds. The molecule has 0 atom stereocenters. The van der Waals surface area contributed by atoms with Crippen LogP contribution < -0.4 is 4.74 Å². The van der Waals surface area contributed by atoms with Crippen molar-refractivity contribution in [1.82, 2.24) is 4.98 Å². The Morgan fingerprint density at radius 3 is 2.64 bits per heavy atom. The zero-order chi connectivity index (χ0) is 9.84. The van der Waals surface area contributed by atoms with Gasteiger partial charge in [-0.2, -0.15) is 5.26 Å². The minimum Gasteiger partial charge on any atom is -0.496 e. The molecule has 0 aliphatic heterocycles. The smallest absolute Gasteiger partial charge is 0.128 e. The van der Waals surface area contributed by atoms with E-state index in [-0.39, 0.29) is 17.0 Å². The Morgan fingerprint density at radius 2 is 2.14 bits per heavy atom. The Hall–Kier alpha value is -1.08. The fourth-order valence-corrected chi connectivity index (χ4v) is 1.32. The van der Waals surface area contributed by atoms with E-state index in [2.05, 4.69) is 11.1 Å². The summed E-state index contributed by atoms with van der Waals surface area (Å²) >= 11 is 0. The lowest BCUT2D eigenvalue weighted by atomic mass is 10.1. The summed E-state index contributed by atoms with van der Waals surface area (Å²) in [5, 5.41) is 8.55. The highest BCUT2D eigenvalue weighted by molar-refractivity contribution is 8.93. The number of hydrogen-bond acceptors (Lipinski definition) is 3. The summed E-state index contributed by atoms with van der Waals surface area (Å²) < 4.78 is 5.21. The van der Waals surface area contributed by atoms with Crippen LogP contribution in [-0.2, 0) is 6.42 Å². The van der Waals surface area contributed by atoms with Gasteiger partial charge in [-0.1, -0.05) is 0 Å². The average Bonchev–Trinajstić information content (AvgIpc) is 2.11. The van der Waals surface area contributed by atoms with Crippen molar-refractivity contribution >= 4 is 17.0 Å². The zero-order valence-electron chi connectivity index (χ0n) is 8.50. The molecule has 0 aliphatic rings. The van der Waals surface area contributed by atoms with E-state index in [4.69, 9.17) is 10.00 Å². The summed E-state index contributed by atoms with van der Waals surface area (Å²) in [6.07, 6.45) is 2.07. The van der Waals surface area contributed by atoms with E-state index < -0.39 is 0 Å². The second-order valence-corrected chi connectivity index (χ2v) is 2.88. The molecule has 0 unspecified atom stereocenters. The first-order valence-electron chi connectivity index (χ1n) is 4.06. The van der Waals surface area contributed by atoms with E-state index in [0.717, 1.165) is 22.6 Å². The Morgan fingerprint density at radius 1 is 1.50 bits per heavy atom. The maximum Gasteiger partial charge on any atom is 0.128 e. The Kier molecular flexibility index (Phi) is 5.18. The van der Waals surface area contributed by atoms with Crippen LogP contribution in [0.3, 0.4) is 0 Å². The molecular formula is C10H13BrN2O. The van der Waals surface area contributed by atoms with E-state index in [1.165, 1.54) is 0 Å². The molecule has 0 fully saturated rings. The molecule has 1 rings (SSSR count). The number of aromatic nitrogens is 1. The number of methoxy groups -OCH3 is 1. The minimum absolute atomic E-state index is 0. The van der Waals surface area contributed by atoms with E-state index in [0.29, 0.717) is 6.42 Å². The SMILES string of the molecule is Br.COc1c(C)cnc(CC#N)c1C. The molecule has 0 radical (unpaired) electrons. The van der Waals surface area contributed by atoms with Crippen LogP contribution in [0.5, 0.6) is 5.75 Å². The van der Waals surface area contributed by atoms with Crippen molar-refractivity contribution in [2.45, 2.75) is 20.3 Å². The highest BCUT2D eigenvalue weighted by Gasteiger charge is 2.08. The van der Waals surface area contributed by atoms with Gasteiger partial charge in [0.25, 0.3) is 0 Å². The van der Waals surface area contributed by atoms with Crippen molar-refractivity contribution in [1.29, 1.82) is 5.26 Å². The highest BCUT2D eigenvalue weighted by atomic mass is 79.9. The van der Waals surface area contributed by atoms with Gasteiger partial charge in [0.15, 0.2) is 0 Å².